The molecule has 2 rings (SSSR count). The van der Waals surface area contributed by atoms with Gasteiger partial charge in [0.2, 0.25) is 0 Å². The highest BCUT2D eigenvalue weighted by molar-refractivity contribution is 7.80. The smallest absolute Gasteiger partial charge is 0.143 e. The first-order chi connectivity index (χ1) is 9.00. The number of hydrogen-bond acceptors (Lipinski definition) is 3. The zero-order valence-corrected chi connectivity index (χ0v) is 11.5. The van der Waals surface area contributed by atoms with Crippen LogP contribution in [0.1, 0.15) is 11.1 Å². The minimum Gasteiger partial charge on any atom is -0.389 e. The summed E-state index contributed by atoms with van der Waals surface area (Å²) in [7, 11) is 1.84. The summed E-state index contributed by atoms with van der Waals surface area (Å²) in [5.74, 6) is 0.392. The van der Waals surface area contributed by atoms with Crippen LogP contribution in [0, 0.1) is 12.7 Å². The van der Waals surface area contributed by atoms with E-state index in [4.69, 9.17) is 18.0 Å². The van der Waals surface area contributed by atoms with Gasteiger partial charge in [0.15, 0.2) is 0 Å². The van der Waals surface area contributed by atoms with Crippen LogP contribution < -0.4 is 10.6 Å². The zero-order valence-electron chi connectivity index (χ0n) is 10.7. The lowest BCUT2D eigenvalue weighted by Gasteiger charge is -2.22. The number of aromatic nitrogens is 1. The molecule has 0 bridgehead atoms. The molecule has 0 aliphatic rings. The molecule has 0 fully saturated rings. The summed E-state index contributed by atoms with van der Waals surface area (Å²) in [6, 6.07) is 8.03. The number of benzene rings is 1. The topological polar surface area (TPSA) is 42.2 Å². The van der Waals surface area contributed by atoms with Gasteiger partial charge >= 0.3 is 0 Å². The number of thiocarbonyl (C=S) groups is 1. The highest BCUT2D eigenvalue weighted by Gasteiger charge is 2.14. The number of nitrogens with zero attached hydrogens (tertiary/aromatic N) is 2. The first-order valence-corrected chi connectivity index (χ1v) is 6.16. The first kappa shape index (κ1) is 13.4. The van der Waals surface area contributed by atoms with Crippen molar-refractivity contribution in [2.75, 3.05) is 11.9 Å². The van der Waals surface area contributed by atoms with E-state index in [0.29, 0.717) is 10.8 Å². The summed E-state index contributed by atoms with van der Waals surface area (Å²) in [4.78, 5) is 6.46. The maximum atomic E-state index is 12.9. The monoisotopic (exact) mass is 275 g/mol. The van der Waals surface area contributed by atoms with Crippen LogP contribution in [0.25, 0.3) is 0 Å². The van der Waals surface area contributed by atoms with Crippen LogP contribution in [-0.2, 0) is 0 Å². The lowest BCUT2D eigenvalue weighted by atomic mass is 10.1. The number of anilines is 2. The average molecular weight is 275 g/mol. The van der Waals surface area contributed by atoms with Gasteiger partial charge < -0.3 is 10.6 Å². The molecule has 0 spiro atoms. The van der Waals surface area contributed by atoms with Gasteiger partial charge in [-0.25, -0.2) is 9.37 Å². The first-order valence-electron chi connectivity index (χ1n) is 5.75. The molecule has 0 amide bonds. The van der Waals surface area contributed by atoms with Crippen LogP contribution >= 0.6 is 12.2 Å². The molecule has 0 atom stereocenters. The van der Waals surface area contributed by atoms with Crippen molar-refractivity contribution in [2.45, 2.75) is 6.92 Å². The quantitative estimate of drug-likeness (QED) is 0.875. The molecular weight excluding hydrogens is 261 g/mol. The summed E-state index contributed by atoms with van der Waals surface area (Å²) in [5, 5.41) is 0. The molecule has 2 aromatic rings. The molecule has 0 unspecified atom stereocenters. The van der Waals surface area contributed by atoms with Crippen molar-refractivity contribution < 1.29 is 4.39 Å². The SMILES string of the molecule is Cc1ccnc(N(C)c2ccc(F)cc2)c1C(N)=S. The highest BCUT2D eigenvalue weighted by atomic mass is 32.1. The Bertz CT molecular complexity index is 611. The molecule has 0 radical (unpaired) electrons. The largest absolute Gasteiger partial charge is 0.389 e. The predicted molar refractivity (Wildman–Crippen MR) is 79.3 cm³/mol. The van der Waals surface area contributed by atoms with Crippen LogP contribution in [0.15, 0.2) is 36.5 Å². The fourth-order valence-electron chi connectivity index (χ4n) is 1.89. The van der Waals surface area contributed by atoms with Crippen LogP contribution in [0.5, 0.6) is 0 Å². The molecule has 5 heteroatoms. The third kappa shape index (κ3) is 2.71. The number of halogens is 1. The number of rotatable bonds is 3. The van der Waals surface area contributed by atoms with Gasteiger partial charge in [0.05, 0.1) is 5.56 Å². The molecule has 98 valence electrons. The van der Waals surface area contributed by atoms with Gasteiger partial charge in [-0.1, -0.05) is 12.2 Å². The van der Waals surface area contributed by atoms with Crippen molar-refractivity contribution in [2.24, 2.45) is 5.73 Å². The van der Waals surface area contributed by atoms with Gasteiger partial charge in [-0.3, -0.25) is 0 Å². The maximum Gasteiger partial charge on any atom is 0.143 e. The van der Waals surface area contributed by atoms with E-state index in [0.717, 1.165) is 16.8 Å². The molecule has 1 heterocycles. The fraction of sp³-hybridized carbons (Fsp3) is 0.143. The van der Waals surface area contributed by atoms with E-state index in [-0.39, 0.29) is 5.82 Å². The lowest BCUT2D eigenvalue weighted by molar-refractivity contribution is 0.628. The average Bonchev–Trinajstić information content (AvgIpc) is 2.38. The fourth-order valence-corrected chi connectivity index (χ4v) is 2.14. The molecule has 3 nitrogen and oxygen atoms in total. The molecule has 0 saturated carbocycles. The second-order valence-electron chi connectivity index (χ2n) is 4.23. The molecule has 0 saturated heterocycles. The summed E-state index contributed by atoms with van der Waals surface area (Å²) in [5.41, 5.74) is 8.28. The summed E-state index contributed by atoms with van der Waals surface area (Å²) >= 11 is 5.08. The summed E-state index contributed by atoms with van der Waals surface area (Å²) in [6.07, 6.45) is 1.70. The Morgan fingerprint density at radius 1 is 1.26 bits per heavy atom. The molecule has 19 heavy (non-hydrogen) atoms. The van der Waals surface area contributed by atoms with Crippen LogP contribution in [-0.4, -0.2) is 17.0 Å². The van der Waals surface area contributed by atoms with E-state index in [9.17, 15) is 4.39 Å². The number of nitrogens with two attached hydrogens (primary N) is 1. The molecular formula is C14H14FN3S. The van der Waals surface area contributed by atoms with Crippen molar-refractivity contribution in [3.63, 3.8) is 0 Å². The Labute approximate surface area is 116 Å². The third-order valence-electron chi connectivity index (χ3n) is 2.92. The van der Waals surface area contributed by atoms with Gasteiger partial charge in [0.1, 0.15) is 16.6 Å². The van der Waals surface area contributed by atoms with Gasteiger partial charge in [0.25, 0.3) is 0 Å². The van der Waals surface area contributed by atoms with Crippen LogP contribution in [0.2, 0.25) is 0 Å². The minimum absolute atomic E-state index is 0.274. The van der Waals surface area contributed by atoms with Crippen molar-refractivity contribution in [3.8, 4) is 0 Å². The normalized spacial score (nSPS) is 10.3. The Balaban J connectivity index is 2.49. The summed E-state index contributed by atoms with van der Waals surface area (Å²) < 4.78 is 12.9. The Morgan fingerprint density at radius 3 is 2.47 bits per heavy atom. The second-order valence-corrected chi connectivity index (χ2v) is 4.67. The molecule has 2 N–H and O–H groups in total. The van der Waals surface area contributed by atoms with E-state index in [1.54, 1.807) is 18.3 Å². The maximum absolute atomic E-state index is 12.9. The minimum atomic E-state index is -0.274. The summed E-state index contributed by atoms with van der Waals surface area (Å²) in [6.45, 7) is 1.93. The van der Waals surface area contributed by atoms with Crippen molar-refractivity contribution in [1.82, 2.24) is 4.98 Å². The predicted octanol–water partition coefficient (Wildman–Crippen LogP) is 2.93. The number of hydrogen-bond donors (Lipinski definition) is 1. The van der Waals surface area contributed by atoms with E-state index >= 15 is 0 Å². The van der Waals surface area contributed by atoms with E-state index in [1.807, 2.05) is 24.9 Å². The van der Waals surface area contributed by atoms with Gasteiger partial charge in [0, 0.05) is 18.9 Å². The van der Waals surface area contributed by atoms with Gasteiger partial charge in [-0.15, -0.1) is 0 Å². The standard InChI is InChI=1S/C14H14FN3S/c1-9-7-8-17-14(12(9)13(16)19)18(2)11-5-3-10(15)4-6-11/h3-8H,1-2H3,(H2,16,19). The van der Waals surface area contributed by atoms with E-state index < -0.39 is 0 Å². The molecule has 1 aromatic heterocycles. The Hall–Kier alpha value is -2.01. The van der Waals surface area contributed by atoms with Crippen molar-refractivity contribution in [1.29, 1.82) is 0 Å². The molecule has 1 aromatic carbocycles. The van der Waals surface area contributed by atoms with Crippen molar-refractivity contribution >= 4 is 28.7 Å². The Kier molecular flexibility index (Phi) is 3.76. The van der Waals surface area contributed by atoms with Gasteiger partial charge in [-0.05, 0) is 42.8 Å². The third-order valence-corrected chi connectivity index (χ3v) is 3.12. The van der Waals surface area contributed by atoms with E-state index in [2.05, 4.69) is 4.98 Å². The van der Waals surface area contributed by atoms with Gasteiger partial charge in [-0.2, -0.15) is 0 Å². The highest BCUT2D eigenvalue weighted by Crippen LogP contribution is 2.26. The number of aryl methyl sites for hydroxylation is 1. The van der Waals surface area contributed by atoms with E-state index in [1.165, 1.54) is 12.1 Å². The molecule has 0 aliphatic heterocycles. The van der Waals surface area contributed by atoms with Crippen molar-refractivity contribution in [3.05, 3.63) is 53.5 Å². The van der Waals surface area contributed by atoms with Crippen LogP contribution in [0.3, 0.4) is 0 Å². The molecule has 0 aliphatic carbocycles. The Morgan fingerprint density at radius 2 is 1.89 bits per heavy atom. The second kappa shape index (κ2) is 5.32. The number of pyridine rings is 1. The lowest BCUT2D eigenvalue weighted by Crippen LogP contribution is -2.20. The van der Waals surface area contributed by atoms with Crippen LogP contribution in [0.4, 0.5) is 15.9 Å². The zero-order chi connectivity index (χ0) is 14.0.